The first kappa shape index (κ1) is 13.2. The number of aromatic nitrogens is 1. The lowest BCUT2D eigenvalue weighted by Gasteiger charge is -2.06. The first-order valence-electron chi connectivity index (χ1n) is 6.48. The number of anilines is 1. The van der Waals surface area contributed by atoms with Crippen LogP contribution in [0.5, 0.6) is 5.75 Å². The number of aryl methyl sites for hydroxylation is 1. The molecule has 0 spiro atoms. The molecule has 5 heteroatoms. The minimum atomic E-state index is -0.198. The van der Waals surface area contributed by atoms with Gasteiger partial charge in [0.2, 0.25) is 0 Å². The van der Waals surface area contributed by atoms with Crippen molar-refractivity contribution >= 4 is 22.7 Å². The van der Waals surface area contributed by atoms with Crippen LogP contribution < -0.4 is 10.1 Å². The molecule has 2 aromatic carbocycles. The highest BCUT2D eigenvalue weighted by atomic mass is 16.5. The first-order valence-corrected chi connectivity index (χ1v) is 6.48. The topological polar surface area (TPSA) is 64.4 Å². The Labute approximate surface area is 121 Å². The molecule has 0 atom stereocenters. The van der Waals surface area contributed by atoms with Gasteiger partial charge in [-0.05, 0) is 42.5 Å². The number of benzene rings is 2. The molecule has 3 rings (SSSR count). The first-order chi connectivity index (χ1) is 10.2. The highest BCUT2D eigenvalue weighted by Gasteiger charge is 2.09. The lowest BCUT2D eigenvalue weighted by Crippen LogP contribution is -2.11. The van der Waals surface area contributed by atoms with Gasteiger partial charge in [0.1, 0.15) is 11.3 Å². The number of fused-ring (bicyclic) bond motifs is 1. The van der Waals surface area contributed by atoms with Crippen LogP contribution in [0.3, 0.4) is 0 Å². The molecule has 1 N–H and O–H groups in total. The van der Waals surface area contributed by atoms with E-state index in [2.05, 4.69) is 10.3 Å². The average Bonchev–Trinajstić information content (AvgIpc) is 2.87. The van der Waals surface area contributed by atoms with Crippen molar-refractivity contribution in [3.8, 4) is 5.75 Å². The van der Waals surface area contributed by atoms with Crippen LogP contribution in [0.2, 0.25) is 0 Å². The lowest BCUT2D eigenvalue weighted by molar-refractivity contribution is 0.102. The van der Waals surface area contributed by atoms with Crippen molar-refractivity contribution in [2.75, 3.05) is 12.4 Å². The van der Waals surface area contributed by atoms with Crippen molar-refractivity contribution in [1.29, 1.82) is 0 Å². The Morgan fingerprint density at radius 1 is 1.19 bits per heavy atom. The van der Waals surface area contributed by atoms with Crippen molar-refractivity contribution in [3.63, 3.8) is 0 Å². The van der Waals surface area contributed by atoms with E-state index in [9.17, 15) is 4.79 Å². The van der Waals surface area contributed by atoms with E-state index >= 15 is 0 Å². The Bertz CT molecular complexity index is 791. The fourth-order valence-corrected chi connectivity index (χ4v) is 2.06. The fraction of sp³-hybridized carbons (Fsp3) is 0.125. The summed E-state index contributed by atoms with van der Waals surface area (Å²) in [6, 6.07) is 12.3. The van der Waals surface area contributed by atoms with Crippen LogP contribution in [0, 0.1) is 6.92 Å². The van der Waals surface area contributed by atoms with Crippen LogP contribution in [-0.4, -0.2) is 18.0 Å². The van der Waals surface area contributed by atoms with E-state index in [1.807, 2.05) is 0 Å². The van der Waals surface area contributed by atoms with Crippen molar-refractivity contribution < 1.29 is 13.9 Å². The Morgan fingerprint density at radius 2 is 1.95 bits per heavy atom. The van der Waals surface area contributed by atoms with Crippen molar-refractivity contribution in [2.24, 2.45) is 0 Å². The zero-order valence-corrected chi connectivity index (χ0v) is 11.7. The number of hydrogen-bond donors (Lipinski definition) is 1. The highest BCUT2D eigenvalue weighted by Crippen LogP contribution is 2.19. The summed E-state index contributed by atoms with van der Waals surface area (Å²) < 4.78 is 10.5. The van der Waals surface area contributed by atoms with Crippen LogP contribution in [0.15, 0.2) is 46.9 Å². The summed E-state index contributed by atoms with van der Waals surface area (Å²) in [7, 11) is 1.60. The van der Waals surface area contributed by atoms with Gasteiger partial charge in [-0.15, -0.1) is 0 Å². The van der Waals surface area contributed by atoms with Gasteiger partial charge in [0.05, 0.1) is 7.11 Å². The summed E-state index contributed by atoms with van der Waals surface area (Å²) in [4.78, 5) is 16.4. The second kappa shape index (κ2) is 5.28. The monoisotopic (exact) mass is 282 g/mol. The van der Waals surface area contributed by atoms with Crippen LogP contribution in [0.25, 0.3) is 11.1 Å². The number of amides is 1. The average molecular weight is 282 g/mol. The number of oxazole rings is 1. The number of ether oxygens (including phenoxy) is 1. The Kier molecular flexibility index (Phi) is 3.31. The van der Waals surface area contributed by atoms with Crippen molar-refractivity contribution in [3.05, 3.63) is 53.9 Å². The predicted molar refractivity (Wildman–Crippen MR) is 79.7 cm³/mol. The van der Waals surface area contributed by atoms with Crippen LogP contribution in [0.4, 0.5) is 5.69 Å². The van der Waals surface area contributed by atoms with Gasteiger partial charge in [0.15, 0.2) is 11.5 Å². The molecule has 0 aliphatic carbocycles. The number of carbonyl (C=O) groups is 1. The molecule has 106 valence electrons. The summed E-state index contributed by atoms with van der Waals surface area (Å²) in [6.07, 6.45) is 0. The maximum Gasteiger partial charge on any atom is 0.255 e. The molecule has 0 radical (unpaired) electrons. The van der Waals surface area contributed by atoms with E-state index in [4.69, 9.17) is 9.15 Å². The lowest BCUT2D eigenvalue weighted by atomic mass is 10.2. The number of rotatable bonds is 3. The van der Waals surface area contributed by atoms with Gasteiger partial charge in [0, 0.05) is 18.2 Å². The van der Waals surface area contributed by atoms with E-state index in [1.165, 1.54) is 0 Å². The van der Waals surface area contributed by atoms with Gasteiger partial charge in [0.25, 0.3) is 5.91 Å². The molecule has 0 aliphatic rings. The number of nitrogens with one attached hydrogen (secondary N) is 1. The third-order valence-electron chi connectivity index (χ3n) is 3.11. The molecule has 0 saturated carbocycles. The van der Waals surface area contributed by atoms with Gasteiger partial charge in [-0.25, -0.2) is 4.98 Å². The van der Waals surface area contributed by atoms with Gasteiger partial charge in [-0.1, -0.05) is 0 Å². The Balaban J connectivity index is 1.82. The maximum atomic E-state index is 12.2. The summed E-state index contributed by atoms with van der Waals surface area (Å²) in [5, 5.41) is 2.82. The van der Waals surface area contributed by atoms with E-state index in [-0.39, 0.29) is 5.91 Å². The minimum Gasteiger partial charge on any atom is -0.497 e. The molecule has 0 saturated heterocycles. The molecule has 5 nitrogen and oxygen atoms in total. The van der Waals surface area contributed by atoms with Crippen LogP contribution >= 0.6 is 0 Å². The maximum absolute atomic E-state index is 12.2. The normalized spacial score (nSPS) is 10.6. The van der Waals surface area contributed by atoms with Crippen molar-refractivity contribution in [1.82, 2.24) is 4.98 Å². The molecule has 1 heterocycles. The van der Waals surface area contributed by atoms with Gasteiger partial charge in [-0.2, -0.15) is 0 Å². The molecule has 0 bridgehead atoms. The zero-order valence-electron chi connectivity index (χ0n) is 11.7. The highest BCUT2D eigenvalue weighted by molar-refractivity contribution is 6.05. The number of nitrogens with zero attached hydrogens (tertiary/aromatic N) is 1. The van der Waals surface area contributed by atoms with Crippen molar-refractivity contribution in [2.45, 2.75) is 6.92 Å². The SMILES string of the molecule is COc1ccc(NC(=O)c2ccc3nc(C)oc3c2)cc1. The largest absolute Gasteiger partial charge is 0.497 e. The minimum absolute atomic E-state index is 0.198. The molecule has 1 amide bonds. The molecular weight excluding hydrogens is 268 g/mol. The van der Waals surface area contributed by atoms with E-state index in [1.54, 1.807) is 56.5 Å². The van der Waals surface area contributed by atoms with Gasteiger partial charge >= 0.3 is 0 Å². The summed E-state index contributed by atoms with van der Waals surface area (Å²) in [5.41, 5.74) is 2.58. The zero-order chi connectivity index (χ0) is 14.8. The number of hydrogen-bond acceptors (Lipinski definition) is 4. The van der Waals surface area contributed by atoms with E-state index < -0.39 is 0 Å². The Morgan fingerprint density at radius 3 is 2.67 bits per heavy atom. The number of methoxy groups -OCH3 is 1. The summed E-state index contributed by atoms with van der Waals surface area (Å²) in [5.74, 6) is 1.13. The second-order valence-electron chi connectivity index (χ2n) is 4.60. The fourth-order valence-electron chi connectivity index (χ4n) is 2.06. The molecule has 3 aromatic rings. The summed E-state index contributed by atoms with van der Waals surface area (Å²) in [6.45, 7) is 1.77. The third-order valence-corrected chi connectivity index (χ3v) is 3.11. The molecule has 0 aliphatic heterocycles. The Hall–Kier alpha value is -2.82. The standard InChI is InChI=1S/C16H14N2O3/c1-10-17-14-8-3-11(9-15(14)21-10)16(19)18-12-4-6-13(20-2)7-5-12/h3-9H,1-2H3,(H,18,19). The second-order valence-corrected chi connectivity index (χ2v) is 4.60. The molecule has 1 aromatic heterocycles. The molecular formula is C16H14N2O3. The molecule has 0 unspecified atom stereocenters. The molecule has 21 heavy (non-hydrogen) atoms. The van der Waals surface area contributed by atoms with E-state index in [0.29, 0.717) is 22.7 Å². The summed E-state index contributed by atoms with van der Waals surface area (Å²) >= 11 is 0. The van der Waals surface area contributed by atoms with Gasteiger partial charge in [-0.3, -0.25) is 4.79 Å². The quantitative estimate of drug-likeness (QED) is 0.799. The third kappa shape index (κ3) is 2.72. The predicted octanol–water partition coefficient (Wildman–Crippen LogP) is 3.40. The van der Waals surface area contributed by atoms with Crippen LogP contribution in [0.1, 0.15) is 16.2 Å². The smallest absolute Gasteiger partial charge is 0.255 e. The number of carbonyl (C=O) groups excluding carboxylic acids is 1. The van der Waals surface area contributed by atoms with E-state index in [0.717, 1.165) is 11.3 Å². The van der Waals surface area contributed by atoms with Crippen LogP contribution in [-0.2, 0) is 0 Å². The van der Waals surface area contributed by atoms with Gasteiger partial charge < -0.3 is 14.5 Å². The molecule has 0 fully saturated rings.